The van der Waals surface area contributed by atoms with Gasteiger partial charge in [0.05, 0.1) is 17.9 Å². The summed E-state index contributed by atoms with van der Waals surface area (Å²) in [5.74, 6) is -0.265. The van der Waals surface area contributed by atoms with Crippen molar-refractivity contribution in [2.45, 2.75) is 11.8 Å². The number of aromatic nitrogens is 1. The van der Waals surface area contributed by atoms with Crippen molar-refractivity contribution in [3.05, 3.63) is 28.9 Å². The topological polar surface area (TPSA) is 59.4 Å². The summed E-state index contributed by atoms with van der Waals surface area (Å²) >= 11 is 7.43. The van der Waals surface area contributed by atoms with E-state index in [1.165, 1.54) is 11.8 Å². The fourth-order valence-electron chi connectivity index (χ4n) is 1.78. The van der Waals surface area contributed by atoms with Crippen LogP contribution in [0.15, 0.2) is 23.1 Å². The van der Waals surface area contributed by atoms with Gasteiger partial charge in [0, 0.05) is 16.0 Å². The number of carboxylic acid groups (broad SMARTS) is 1. The molecule has 100 valence electrons. The highest BCUT2D eigenvalue weighted by molar-refractivity contribution is 8.00. The van der Waals surface area contributed by atoms with E-state index in [0.29, 0.717) is 16.3 Å². The molecule has 2 rings (SSSR count). The molecule has 0 atom stereocenters. The monoisotopic (exact) mass is 297 g/mol. The largest absolute Gasteiger partial charge is 0.494 e. The lowest BCUT2D eigenvalue weighted by atomic mass is 10.2. The Morgan fingerprint density at radius 1 is 1.53 bits per heavy atom. The Morgan fingerprint density at radius 2 is 2.26 bits per heavy atom. The van der Waals surface area contributed by atoms with Crippen LogP contribution in [0.2, 0.25) is 5.02 Å². The molecule has 0 aliphatic rings. The van der Waals surface area contributed by atoms with Gasteiger partial charge in [-0.15, -0.1) is 11.8 Å². The number of carbonyl (C=O) groups is 1. The van der Waals surface area contributed by atoms with Crippen LogP contribution in [0.1, 0.15) is 5.69 Å². The maximum absolute atomic E-state index is 10.7. The smallest absolute Gasteiger partial charge is 0.313 e. The summed E-state index contributed by atoms with van der Waals surface area (Å²) in [6.45, 7) is 1.85. The minimum atomic E-state index is -0.869. The third-order valence-electron chi connectivity index (χ3n) is 2.54. The maximum Gasteiger partial charge on any atom is 0.313 e. The molecule has 0 amide bonds. The quantitative estimate of drug-likeness (QED) is 0.877. The Morgan fingerprint density at radius 3 is 2.89 bits per heavy atom. The molecule has 4 nitrogen and oxygen atoms in total. The van der Waals surface area contributed by atoms with E-state index in [9.17, 15) is 4.79 Å². The van der Waals surface area contributed by atoms with Crippen molar-refractivity contribution in [2.75, 3.05) is 12.9 Å². The summed E-state index contributed by atoms with van der Waals surface area (Å²) in [7, 11) is 1.57. The Bertz CT molecular complexity index is 645. The van der Waals surface area contributed by atoms with E-state index in [1.807, 2.05) is 13.0 Å². The van der Waals surface area contributed by atoms with Gasteiger partial charge >= 0.3 is 5.97 Å². The standard InChI is InChI=1S/C13H12ClNO3S/c1-7-5-10(19-6-11(16)17)12-8(14)3-4-9(18-2)13(12)15-7/h3-5H,6H2,1-2H3,(H,16,17). The fraction of sp³-hybridized carbons (Fsp3) is 0.231. The molecule has 0 radical (unpaired) electrons. The van der Waals surface area contributed by atoms with Crippen LogP contribution in [0.3, 0.4) is 0 Å². The van der Waals surface area contributed by atoms with Gasteiger partial charge in [-0.1, -0.05) is 11.6 Å². The molecule has 0 unspecified atom stereocenters. The van der Waals surface area contributed by atoms with Crippen molar-refractivity contribution in [3.63, 3.8) is 0 Å². The predicted octanol–water partition coefficient (Wildman–Crippen LogP) is 3.38. The van der Waals surface area contributed by atoms with E-state index in [4.69, 9.17) is 21.4 Å². The summed E-state index contributed by atoms with van der Waals surface area (Å²) < 4.78 is 5.27. The van der Waals surface area contributed by atoms with E-state index in [2.05, 4.69) is 4.98 Å². The van der Waals surface area contributed by atoms with Crippen molar-refractivity contribution in [3.8, 4) is 5.75 Å². The van der Waals surface area contributed by atoms with Crippen LogP contribution in [0, 0.1) is 6.92 Å². The molecule has 1 aromatic heterocycles. The molecular weight excluding hydrogens is 286 g/mol. The number of ether oxygens (including phenoxy) is 1. The number of aryl methyl sites for hydroxylation is 1. The molecule has 0 aliphatic carbocycles. The minimum absolute atomic E-state index is 0.0217. The Kier molecular flexibility index (Phi) is 4.17. The third kappa shape index (κ3) is 2.93. The van der Waals surface area contributed by atoms with Crippen molar-refractivity contribution >= 4 is 40.2 Å². The summed E-state index contributed by atoms with van der Waals surface area (Å²) in [5.41, 5.74) is 1.45. The molecule has 19 heavy (non-hydrogen) atoms. The van der Waals surface area contributed by atoms with E-state index in [1.54, 1.807) is 19.2 Å². The summed E-state index contributed by atoms with van der Waals surface area (Å²) in [6.07, 6.45) is 0. The second-order valence-corrected chi connectivity index (χ2v) is 5.34. The molecule has 1 N–H and O–H groups in total. The number of hydrogen-bond acceptors (Lipinski definition) is 4. The molecule has 0 bridgehead atoms. The molecule has 1 aromatic carbocycles. The number of nitrogens with zero attached hydrogens (tertiary/aromatic N) is 1. The number of benzene rings is 1. The minimum Gasteiger partial charge on any atom is -0.494 e. The molecule has 0 spiro atoms. The van der Waals surface area contributed by atoms with Crippen molar-refractivity contribution in [2.24, 2.45) is 0 Å². The zero-order chi connectivity index (χ0) is 14.0. The first kappa shape index (κ1) is 14.0. The van der Waals surface area contributed by atoms with Gasteiger partial charge < -0.3 is 9.84 Å². The first-order valence-corrected chi connectivity index (χ1v) is 6.87. The van der Waals surface area contributed by atoms with Gasteiger partial charge in [0.2, 0.25) is 0 Å². The number of hydrogen-bond donors (Lipinski definition) is 1. The first-order chi connectivity index (χ1) is 9.02. The van der Waals surface area contributed by atoms with Crippen LogP contribution in [-0.2, 0) is 4.79 Å². The summed E-state index contributed by atoms with van der Waals surface area (Å²) in [4.78, 5) is 15.9. The second kappa shape index (κ2) is 5.67. The Labute approximate surface area is 119 Å². The van der Waals surface area contributed by atoms with Crippen molar-refractivity contribution in [1.29, 1.82) is 0 Å². The lowest BCUT2D eigenvalue weighted by Gasteiger charge is -2.11. The number of pyridine rings is 1. The average molecular weight is 298 g/mol. The van der Waals surface area contributed by atoms with E-state index >= 15 is 0 Å². The molecule has 0 saturated heterocycles. The number of fused-ring (bicyclic) bond motifs is 1. The van der Waals surface area contributed by atoms with Gasteiger partial charge in [-0.2, -0.15) is 0 Å². The Hall–Kier alpha value is -1.46. The molecule has 0 aliphatic heterocycles. The Balaban J connectivity index is 2.65. The van der Waals surface area contributed by atoms with Crippen molar-refractivity contribution < 1.29 is 14.6 Å². The van der Waals surface area contributed by atoms with Gasteiger partial charge in [0.25, 0.3) is 0 Å². The number of methoxy groups -OCH3 is 1. The number of aliphatic carboxylic acids is 1. The van der Waals surface area contributed by atoms with Crippen LogP contribution in [0.4, 0.5) is 0 Å². The molecule has 6 heteroatoms. The van der Waals surface area contributed by atoms with Gasteiger partial charge in [-0.25, -0.2) is 4.98 Å². The van der Waals surface area contributed by atoms with Gasteiger partial charge in [0.1, 0.15) is 11.3 Å². The zero-order valence-corrected chi connectivity index (χ0v) is 12.0. The molecule has 0 saturated carbocycles. The second-order valence-electron chi connectivity index (χ2n) is 3.92. The highest BCUT2D eigenvalue weighted by atomic mass is 35.5. The van der Waals surface area contributed by atoms with Crippen LogP contribution >= 0.6 is 23.4 Å². The van der Waals surface area contributed by atoms with Gasteiger partial charge in [0.15, 0.2) is 0 Å². The highest BCUT2D eigenvalue weighted by Gasteiger charge is 2.13. The van der Waals surface area contributed by atoms with Crippen LogP contribution in [0.5, 0.6) is 5.75 Å². The third-order valence-corrected chi connectivity index (χ3v) is 3.87. The lowest BCUT2D eigenvalue weighted by molar-refractivity contribution is -0.133. The molecule has 1 heterocycles. The summed E-state index contributed by atoms with van der Waals surface area (Å²) in [6, 6.07) is 5.31. The maximum atomic E-state index is 10.7. The van der Waals surface area contributed by atoms with Crippen LogP contribution < -0.4 is 4.74 Å². The van der Waals surface area contributed by atoms with E-state index in [0.717, 1.165) is 16.0 Å². The number of rotatable bonds is 4. The highest BCUT2D eigenvalue weighted by Crippen LogP contribution is 2.37. The van der Waals surface area contributed by atoms with E-state index in [-0.39, 0.29) is 5.75 Å². The molecule has 0 fully saturated rings. The molecular formula is C13H12ClNO3S. The number of carboxylic acids is 1. The SMILES string of the molecule is COc1ccc(Cl)c2c(SCC(=O)O)cc(C)nc12. The van der Waals surface area contributed by atoms with Crippen LogP contribution in [-0.4, -0.2) is 28.9 Å². The fourth-order valence-corrected chi connectivity index (χ4v) is 2.98. The lowest BCUT2D eigenvalue weighted by Crippen LogP contribution is -1.99. The van der Waals surface area contributed by atoms with Gasteiger partial charge in [-0.3, -0.25) is 4.79 Å². The zero-order valence-electron chi connectivity index (χ0n) is 10.4. The van der Waals surface area contributed by atoms with E-state index < -0.39 is 5.97 Å². The predicted molar refractivity (Wildman–Crippen MR) is 76.4 cm³/mol. The number of halogens is 1. The summed E-state index contributed by atoms with van der Waals surface area (Å²) in [5, 5.41) is 10.1. The van der Waals surface area contributed by atoms with Crippen molar-refractivity contribution in [1.82, 2.24) is 4.98 Å². The van der Waals surface area contributed by atoms with Crippen LogP contribution in [0.25, 0.3) is 10.9 Å². The normalized spacial score (nSPS) is 10.7. The number of thioether (sulfide) groups is 1. The first-order valence-electron chi connectivity index (χ1n) is 5.51. The average Bonchev–Trinajstić information content (AvgIpc) is 2.36. The van der Waals surface area contributed by atoms with Gasteiger partial charge in [-0.05, 0) is 25.1 Å². The molecule has 2 aromatic rings.